The van der Waals surface area contributed by atoms with Crippen molar-refractivity contribution in [3.05, 3.63) is 88.8 Å². The minimum atomic E-state index is -4.54. The molecule has 36 heavy (non-hydrogen) atoms. The molecule has 0 saturated carbocycles. The van der Waals surface area contributed by atoms with Crippen LogP contribution in [0.5, 0.6) is 0 Å². The van der Waals surface area contributed by atoms with Crippen molar-refractivity contribution in [1.82, 2.24) is 19.5 Å². The minimum Gasteiger partial charge on any atom is -0.461 e. The highest BCUT2D eigenvalue weighted by atomic mass is 35.5. The van der Waals surface area contributed by atoms with Crippen LogP contribution >= 0.6 is 11.6 Å². The first-order chi connectivity index (χ1) is 17.3. The van der Waals surface area contributed by atoms with Crippen LogP contribution in [0.4, 0.5) is 19.1 Å². The number of alkyl halides is 3. The molecule has 0 amide bonds. The Kier molecular flexibility index (Phi) is 7.54. The van der Waals surface area contributed by atoms with E-state index >= 15 is 0 Å². The average molecular weight is 516 g/mol. The van der Waals surface area contributed by atoms with Gasteiger partial charge in [0.2, 0.25) is 5.95 Å². The van der Waals surface area contributed by atoms with Gasteiger partial charge in [-0.1, -0.05) is 41.9 Å². The molecule has 0 aliphatic heterocycles. The van der Waals surface area contributed by atoms with E-state index in [9.17, 15) is 18.0 Å². The van der Waals surface area contributed by atoms with E-state index in [0.717, 1.165) is 17.7 Å². The Balaban J connectivity index is 1.66. The van der Waals surface area contributed by atoms with Crippen molar-refractivity contribution in [2.24, 2.45) is 0 Å². The van der Waals surface area contributed by atoms with Crippen molar-refractivity contribution in [3.8, 4) is 17.2 Å². The van der Waals surface area contributed by atoms with Gasteiger partial charge >= 0.3 is 12.1 Å². The second kappa shape index (κ2) is 10.8. The molecular formula is C25H21ClF3N5O2. The summed E-state index contributed by atoms with van der Waals surface area (Å²) >= 11 is 6.20. The zero-order valence-electron chi connectivity index (χ0n) is 19.1. The lowest BCUT2D eigenvalue weighted by atomic mass is 10.1. The molecule has 2 aromatic carbocycles. The molecule has 11 heteroatoms. The minimum absolute atomic E-state index is 0.0592. The van der Waals surface area contributed by atoms with E-state index in [4.69, 9.17) is 16.3 Å². The maximum atomic E-state index is 13.3. The third kappa shape index (κ3) is 5.83. The van der Waals surface area contributed by atoms with E-state index in [2.05, 4.69) is 20.3 Å². The maximum absolute atomic E-state index is 13.3. The molecule has 0 bridgehead atoms. The third-order valence-corrected chi connectivity index (χ3v) is 5.53. The topological polar surface area (TPSA) is 81.9 Å². The van der Waals surface area contributed by atoms with Crippen molar-refractivity contribution < 1.29 is 22.7 Å². The summed E-state index contributed by atoms with van der Waals surface area (Å²) < 4.78 is 46.4. The Morgan fingerprint density at radius 3 is 2.67 bits per heavy atom. The zero-order chi connectivity index (χ0) is 25.7. The number of nitrogens with zero attached hydrogens (tertiary/aromatic N) is 4. The van der Waals surface area contributed by atoms with Crippen molar-refractivity contribution in [2.75, 3.05) is 18.5 Å². The van der Waals surface area contributed by atoms with E-state index < -0.39 is 17.7 Å². The number of hydrogen-bond donors (Lipinski definition) is 1. The number of esters is 1. The molecule has 0 radical (unpaired) electrons. The summed E-state index contributed by atoms with van der Waals surface area (Å²) in [5.41, 5.74) is 0.225. The third-order valence-electron chi connectivity index (χ3n) is 5.16. The van der Waals surface area contributed by atoms with Gasteiger partial charge < -0.3 is 10.1 Å². The van der Waals surface area contributed by atoms with Gasteiger partial charge in [0.25, 0.3) is 0 Å². The molecule has 7 nitrogen and oxygen atoms in total. The summed E-state index contributed by atoms with van der Waals surface area (Å²) in [5.74, 6) is 0.00289. The van der Waals surface area contributed by atoms with E-state index in [1.165, 1.54) is 29.1 Å². The van der Waals surface area contributed by atoms with Gasteiger partial charge in [-0.2, -0.15) is 18.2 Å². The van der Waals surface area contributed by atoms with Gasteiger partial charge in [0.15, 0.2) is 5.69 Å². The van der Waals surface area contributed by atoms with Crippen LogP contribution in [0.3, 0.4) is 0 Å². The Bertz CT molecular complexity index is 1370. The number of hydrogen-bond acceptors (Lipinski definition) is 6. The van der Waals surface area contributed by atoms with Crippen molar-refractivity contribution in [1.29, 1.82) is 0 Å². The van der Waals surface area contributed by atoms with Crippen molar-refractivity contribution >= 4 is 23.5 Å². The zero-order valence-corrected chi connectivity index (χ0v) is 19.8. The average Bonchev–Trinajstić information content (AvgIpc) is 3.31. The molecule has 0 fully saturated rings. The lowest BCUT2D eigenvalue weighted by Gasteiger charge is -2.11. The number of ether oxygens (including phenoxy) is 1. The Hall–Kier alpha value is -3.92. The summed E-state index contributed by atoms with van der Waals surface area (Å²) in [4.78, 5) is 25.3. The lowest BCUT2D eigenvalue weighted by Crippen LogP contribution is -2.10. The smallest absolute Gasteiger partial charge is 0.416 e. The van der Waals surface area contributed by atoms with Gasteiger partial charge in [-0.15, -0.1) is 0 Å². The van der Waals surface area contributed by atoms with E-state index in [0.29, 0.717) is 29.8 Å². The van der Waals surface area contributed by atoms with Crippen LogP contribution in [-0.4, -0.2) is 38.6 Å². The van der Waals surface area contributed by atoms with Crippen LogP contribution in [0, 0.1) is 0 Å². The van der Waals surface area contributed by atoms with Gasteiger partial charge in [0, 0.05) is 29.5 Å². The highest BCUT2D eigenvalue weighted by Gasteiger charge is 2.31. The SMILES string of the molecule is CCOC(=O)c1cn(-c2ccnc(NCCc3ccccc3Cl)n2)c(-c2cccc(C(F)(F)F)c2)n1. The number of rotatable bonds is 8. The highest BCUT2D eigenvalue weighted by Crippen LogP contribution is 2.32. The highest BCUT2D eigenvalue weighted by molar-refractivity contribution is 6.31. The number of imidazole rings is 1. The second-order valence-corrected chi connectivity index (χ2v) is 8.03. The largest absolute Gasteiger partial charge is 0.461 e. The van der Waals surface area contributed by atoms with Gasteiger partial charge in [-0.05, 0) is 43.2 Å². The Labute approximate surface area is 209 Å². The molecule has 4 aromatic rings. The van der Waals surface area contributed by atoms with Crippen LogP contribution in [0.25, 0.3) is 17.2 Å². The summed E-state index contributed by atoms with van der Waals surface area (Å²) in [5, 5.41) is 3.77. The van der Waals surface area contributed by atoms with Crippen LogP contribution in [-0.2, 0) is 17.3 Å². The molecule has 1 N–H and O–H groups in total. The molecule has 4 rings (SSSR count). The standard InChI is InChI=1S/C25H21ClF3N5O2/c1-2-36-23(35)20-15-34(22(32-20)17-7-5-8-18(14-17)25(27,28)29)21-11-13-31-24(33-21)30-12-10-16-6-3-4-9-19(16)26/h3-9,11,13-15H,2,10,12H2,1H3,(H,30,31,33). The molecule has 186 valence electrons. The summed E-state index contributed by atoms with van der Waals surface area (Å²) in [6.45, 7) is 2.26. The fourth-order valence-electron chi connectivity index (χ4n) is 3.48. The van der Waals surface area contributed by atoms with E-state index in [1.807, 2.05) is 24.3 Å². The number of carbonyl (C=O) groups is 1. The summed E-state index contributed by atoms with van der Waals surface area (Å²) in [7, 11) is 0. The Morgan fingerprint density at radius 1 is 1.11 bits per heavy atom. The van der Waals surface area contributed by atoms with Crippen LogP contribution in [0.1, 0.15) is 28.5 Å². The predicted octanol–water partition coefficient (Wildman–Crippen LogP) is 5.83. The monoisotopic (exact) mass is 515 g/mol. The summed E-state index contributed by atoms with van der Waals surface area (Å²) in [6.07, 6.45) is -1.03. The molecule has 0 aliphatic rings. The first-order valence-corrected chi connectivity index (χ1v) is 11.4. The van der Waals surface area contributed by atoms with Crippen LogP contribution in [0.15, 0.2) is 67.0 Å². The molecule has 0 spiro atoms. The fraction of sp³-hybridized carbons (Fsp3) is 0.200. The number of carbonyl (C=O) groups excluding carboxylic acids is 1. The number of benzene rings is 2. The van der Waals surface area contributed by atoms with E-state index in [-0.39, 0.29) is 23.7 Å². The van der Waals surface area contributed by atoms with Gasteiger partial charge in [0.05, 0.1) is 12.2 Å². The number of anilines is 1. The molecule has 0 aliphatic carbocycles. The second-order valence-electron chi connectivity index (χ2n) is 7.63. The maximum Gasteiger partial charge on any atom is 0.416 e. The molecular weight excluding hydrogens is 495 g/mol. The number of nitrogens with one attached hydrogen (secondary N) is 1. The predicted molar refractivity (Wildman–Crippen MR) is 129 cm³/mol. The molecule has 2 heterocycles. The van der Waals surface area contributed by atoms with Crippen LogP contribution in [0.2, 0.25) is 5.02 Å². The number of halogens is 4. The van der Waals surface area contributed by atoms with Crippen LogP contribution < -0.4 is 5.32 Å². The Morgan fingerprint density at radius 2 is 1.92 bits per heavy atom. The first kappa shape index (κ1) is 25.2. The number of aromatic nitrogens is 4. The van der Waals surface area contributed by atoms with Gasteiger partial charge in [0.1, 0.15) is 11.6 Å². The fourth-order valence-corrected chi connectivity index (χ4v) is 3.71. The van der Waals surface area contributed by atoms with Crippen molar-refractivity contribution in [3.63, 3.8) is 0 Å². The molecule has 2 aromatic heterocycles. The quantitative estimate of drug-likeness (QED) is 0.297. The van der Waals surface area contributed by atoms with E-state index in [1.54, 1.807) is 13.0 Å². The van der Waals surface area contributed by atoms with Gasteiger partial charge in [-0.3, -0.25) is 4.57 Å². The van der Waals surface area contributed by atoms with Crippen molar-refractivity contribution in [2.45, 2.75) is 19.5 Å². The molecule has 0 unspecified atom stereocenters. The summed E-state index contributed by atoms with van der Waals surface area (Å²) in [6, 6.07) is 13.7. The lowest BCUT2D eigenvalue weighted by molar-refractivity contribution is -0.137. The van der Waals surface area contributed by atoms with Gasteiger partial charge in [-0.25, -0.2) is 14.8 Å². The normalized spacial score (nSPS) is 11.4. The molecule has 0 saturated heterocycles. The molecule has 0 atom stereocenters. The first-order valence-electron chi connectivity index (χ1n) is 11.0.